The summed E-state index contributed by atoms with van der Waals surface area (Å²) in [5, 5.41) is 15.2. The lowest BCUT2D eigenvalue weighted by atomic mass is 10.0. The predicted molar refractivity (Wildman–Crippen MR) is 111 cm³/mol. The molecule has 1 unspecified atom stereocenters. The van der Waals surface area contributed by atoms with E-state index in [2.05, 4.69) is 5.10 Å². The summed E-state index contributed by atoms with van der Waals surface area (Å²) in [6.45, 7) is 6.28. The van der Waals surface area contributed by atoms with Crippen LogP contribution in [0.4, 0.5) is 0 Å². The molecule has 0 bridgehead atoms. The van der Waals surface area contributed by atoms with Crippen molar-refractivity contribution in [1.82, 2.24) is 14.2 Å². The molecule has 4 rings (SSSR count). The number of fused-ring (bicyclic) bond motifs is 1. The molecule has 0 fully saturated rings. The molecule has 1 N–H and O–H groups in total. The third kappa shape index (κ3) is 3.25. The molecule has 0 saturated carbocycles. The second kappa shape index (κ2) is 7.09. The third-order valence-corrected chi connectivity index (χ3v) is 5.31. The molecule has 5 heteroatoms. The molecule has 1 atom stereocenters. The lowest BCUT2D eigenvalue weighted by molar-refractivity contribution is 0.155. The van der Waals surface area contributed by atoms with Crippen molar-refractivity contribution < 1.29 is 5.11 Å². The maximum absolute atomic E-state index is 12.9. The van der Waals surface area contributed by atoms with Gasteiger partial charge in [-0.1, -0.05) is 42.5 Å². The number of aliphatic hydroxyl groups is 1. The molecule has 2 aromatic carbocycles. The van der Waals surface area contributed by atoms with Crippen LogP contribution in [0.5, 0.6) is 0 Å². The molecular formula is C23H23N3O2. The zero-order chi connectivity index (χ0) is 19.8. The van der Waals surface area contributed by atoms with Crippen molar-refractivity contribution >= 4 is 5.52 Å². The average Bonchev–Trinajstić information content (AvgIpc) is 3.11. The minimum Gasteiger partial charge on any atom is -0.387 e. The standard InChI is InChI=1S/C23H23N3O2/c1-15-8-9-18(12-17(15)3)22(27)14-25-10-11-26-21(23(25)28)13-20(24-26)19-7-5-4-6-16(19)2/h4-13,22,27H,14H2,1-3H3. The van der Waals surface area contributed by atoms with Crippen molar-refractivity contribution in [3.8, 4) is 11.3 Å². The van der Waals surface area contributed by atoms with Gasteiger partial charge in [-0.15, -0.1) is 0 Å². The first-order valence-corrected chi connectivity index (χ1v) is 9.34. The van der Waals surface area contributed by atoms with E-state index in [1.54, 1.807) is 21.5 Å². The normalized spacial score (nSPS) is 12.4. The molecule has 0 spiro atoms. The maximum atomic E-state index is 12.9. The van der Waals surface area contributed by atoms with Crippen LogP contribution < -0.4 is 5.56 Å². The highest BCUT2D eigenvalue weighted by Crippen LogP contribution is 2.22. The Morgan fingerprint density at radius 2 is 1.75 bits per heavy atom. The molecule has 0 radical (unpaired) electrons. The van der Waals surface area contributed by atoms with Crippen molar-refractivity contribution in [2.75, 3.05) is 0 Å². The zero-order valence-corrected chi connectivity index (χ0v) is 16.3. The van der Waals surface area contributed by atoms with Gasteiger partial charge in [0.25, 0.3) is 5.56 Å². The Labute approximate surface area is 163 Å². The van der Waals surface area contributed by atoms with Crippen molar-refractivity contribution in [1.29, 1.82) is 0 Å². The molecule has 142 valence electrons. The fourth-order valence-electron chi connectivity index (χ4n) is 3.43. The molecule has 2 aromatic heterocycles. The fourth-order valence-corrected chi connectivity index (χ4v) is 3.43. The van der Waals surface area contributed by atoms with E-state index in [-0.39, 0.29) is 12.1 Å². The summed E-state index contributed by atoms with van der Waals surface area (Å²) >= 11 is 0. The Kier molecular flexibility index (Phi) is 4.61. The van der Waals surface area contributed by atoms with E-state index < -0.39 is 6.10 Å². The van der Waals surface area contributed by atoms with Gasteiger partial charge in [-0.2, -0.15) is 5.10 Å². The summed E-state index contributed by atoms with van der Waals surface area (Å²) < 4.78 is 3.14. The second-order valence-electron chi connectivity index (χ2n) is 7.29. The largest absolute Gasteiger partial charge is 0.387 e. The number of aromatic nitrogens is 3. The Morgan fingerprint density at radius 3 is 2.50 bits per heavy atom. The van der Waals surface area contributed by atoms with Gasteiger partial charge < -0.3 is 9.67 Å². The van der Waals surface area contributed by atoms with Gasteiger partial charge in [-0.05, 0) is 49.1 Å². The number of hydrogen-bond donors (Lipinski definition) is 1. The first kappa shape index (κ1) is 18.2. The molecule has 0 aliphatic rings. The first-order valence-electron chi connectivity index (χ1n) is 9.34. The lowest BCUT2D eigenvalue weighted by Gasteiger charge is -2.14. The van der Waals surface area contributed by atoms with Crippen LogP contribution in [-0.4, -0.2) is 19.3 Å². The quantitative estimate of drug-likeness (QED) is 0.592. The number of nitrogens with zero attached hydrogens (tertiary/aromatic N) is 3. The monoisotopic (exact) mass is 373 g/mol. The Morgan fingerprint density at radius 1 is 0.964 bits per heavy atom. The van der Waals surface area contributed by atoms with Gasteiger partial charge in [0.15, 0.2) is 0 Å². The maximum Gasteiger partial charge on any atom is 0.276 e. The Balaban J connectivity index is 1.69. The number of rotatable bonds is 4. The molecule has 4 aromatic rings. The Hall–Kier alpha value is -3.18. The minimum atomic E-state index is -0.752. The van der Waals surface area contributed by atoms with Gasteiger partial charge in [0, 0.05) is 18.0 Å². The Bertz CT molecular complexity index is 1220. The molecular weight excluding hydrogens is 350 g/mol. The fraction of sp³-hybridized carbons (Fsp3) is 0.217. The SMILES string of the molecule is Cc1ccc(C(O)Cn2ccn3nc(-c4ccccc4C)cc3c2=O)cc1C. The second-order valence-corrected chi connectivity index (χ2v) is 7.29. The smallest absolute Gasteiger partial charge is 0.276 e. The van der Waals surface area contributed by atoms with E-state index in [4.69, 9.17) is 0 Å². The molecule has 0 saturated heterocycles. The van der Waals surface area contributed by atoms with Crippen LogP contribution in [0.15, 0.2) is 65.7 Å². The highest BCUT2D eigenvalue weighted by molar-refractivity contribution is 5.68. The summed E-state index contributed by atoms with van der Waals surface area (Å²) in [6.07, 6.45) is 2.68. The van der Waals surface area contributed by atoms with Crippen LogP contribution in [0.2, 0.25) is 0 Å². The van der Waals surface area contributed by atoms with E-state index in [1.165, 1.54) is 5.56 Å². The molecule has 28 heavy (non-hydrogen) atoms. The highest BCUT2D eigenvalue weighted by Gasteiger charge is 2.14. The summed E-state index contributed by atoms with van der Waals surface area (Å²) in [6, 6.07) is 15.6. The van der Waals surface area contributed by atoms with Crippen LogP contribution in [0.25, 0.3) is 16.8 Å². The first-order chi connectivity index (χ1) is 13.4. The zero-order valence-electron chi connectivity index (χ0n) is 16.3. The van der Waals surface area contributed by atoms with Crippen molar-refractivity contribution in [2.24, 2.45) is 0 Å². The van der Waals surface area contributed by atoms with Gasteiger partial charge in [0.05, 0.1) is 18.3 Å². The van der Waals surface area contributed by atoms with E-state index in [0.29, 0.717) is 5.52 Å². The van der Waals surface area contributed by atoms with Crippen LogP contribution in [-0.2, 0) is 6.54 Å². The number of hydrogen-bond acceptors (Lipinski definition) is 3. The van der Waals surface area contributed by atoms with E-state index in [1.807, 2.05) is 69.3 Å². The van der Waals surface area contributed by atoms with Crippen LogP contribution in [0.1, 0.15) is 28.4 Å². The molecule has 5 nitrogen and oxygen atoms in total. The van der Waals surface area contributed by atoms with Gasteiger partial charge in [-0.25, -0.2) is 4.52 Å². The lowest BCUT2D eigenvalue weighted by Crippen LogP contribution is -2.24. The summed E-state index contributed by atoms with van der Waals surface area (Å²) in [7, 11) is 0. The summed E-state index contributed by atoms with van der Waals surface area (Å²) in [4.78, 5) is 12.9. The van der Waals surface area contributed by atoms with Crippen molar-refractivity contribution in [2.45, 2.75) is 33.4 Å². The van der Waals surface area contributed by atoms with Crippen LogP contribution >= 0.6 is 0 Å². The van der Waals surface area contributed by atoms with Crippen LogP contribution in [0.3, 0.4) is 0 Å². The summed E-state index contributed by atoms with van der Waals surface area (Å²) in [5.74, 6) is 0. The minimum absolute atomic E-state index is 0.169. The average molecular weight is 373 g/mol. The third-order valence-electron chi connectivity index (χ3n) is 5.31. The number of benzene rings is 2. The van der Waals surface area contributed by atoms with Gasteiger partial charge >= 0.3 is 0 Å². The molecule has 0 amide bonds. The molecule has 0 aliphatic heterocycles. The van der Waals surface area contributed by atoms with Crippen molar-refractivity contribution in [3.63, 3.8) is 0 Å². The molecule has 2 heterocycles. The number of aliphatic hydroxyl groups excluding tert-OH is 1. The molecule has 0 aliphatic carbocycles. The number of aryl methyl sites for hydroxylation is 3. The van der Waals surface area contributed by atoms with Crippen LogP contribution in [0, 0.1) is 20.8 Å². The summed E-state index contributed by atoms with van der Waals surface area (Å²) in [5.41, 5.74) is 6.32. The van der Waals surface area contributed by atoms with E-state index in [0.717, 1.165) is 27.9 Å². The highest BCUT2D eigenvalue weighted by atomic mass is 16.3. The van der Waals surface area contributed by atoms with E-state index >= 15 is 0 Å². The van der Waals surface area contributed by atoms with Crippen molar-refractivity contribution in [3.05, 3.63) is 93.5 Å². The topological polar surface area (TPSA) is 59.5 Å². The van der Waals surface area contributed by atoms with Gasteiger partial charge in [0.2, 0.25) is 0 Å². The van der Waals surface area contributed by atoms with Gasteiger partial charge in [-0.3, -0.25) is 4.79 Å². The van der Waals surface area contributed by atoms with E-state index in [9.17, 15) is 9.90 Å². The van der Waals surface area contributed by atoms with Gasteiger partial charge in [0.1, 0.15) is 5.52 Å². The predicted octanol–water partition coefficient (Wildman–Crippen LogP) is 3.82.